The zero-order valence-corrected chi connectivity index (χ0v) is 13.4. The van der Waals surface area contributed by atoms with Crippen molar-refractivity contribution in [2.75, 3.05) is 24.5 Å². The van der Waals surface area contributed by atoms with Gasteiger partial charge in [0.05, 0.1) is 6.54 Å². The van der Waals surface area contributed by atoms with Gasteiger partial charge in [0, 0.05) is 24.8 Å². The highest BCUT2D eigenvalue weighted by molar-refractivity contribution is 5.79. The summed E-state index contributed by atoms with van der Waals surface area (Å²) < 4.78 is 0. The molecular formula is C16H28N4O. The minimum absolute atomic E-state index is 0.216. The predicted molar refractivity (Wildman–Crippen MR) is 87.1 cm³/mol. The summed E-state index contributed by atoms with van der Waals surface area (Å²) in [5, 5.41) is 3.42. The Labute approximate surface area is 127 Å². The van der Waals surface area contributed by atoms with Gasteiger partial charge in [0.25, 0.3) is 0 Å². The van der Waals surface area contributed by atoms with Crippen molar-refractivity contribution in [2.45, 2.75) is 40.2 Å². The van der Waals surface area contributed by atoms with E-state index >= 15 is 0 Å². The van der Waals surface area contributed by atoms with E-state index in [1.807, 2.05) is 11.0 Å². The summed E-state index contributed by atoms with van der Waals surface area (Å²) >= 11 is 0. The first kappa shape index (κ1) is 17.4. The molecule has 0 aromatic carbocycles. The van der Waals surface area contributed by atoms with Gasteiger partial charge in [-0.3, -0.25) is 4.79 Å². The Morgan fingerprint density at radius 1 is 1.48 bits per heavy atom. The number of nitrogens with one attached hydrogen (secondary N) is 1. The number of anilines is 1. The molecule has 0 aliphatic carbocycles. The lowest BCUT2D eigenvalue weighted by atomic mass is 10.2. The molecule has 0 saturated carbocycles. The number of hydrogen-bond donors (Lipinski definition) is 2. The van der Waals surface area contributed by atoms with E-state index in [0.29, 0.717) is 5.92 Å². The molecule has 1 rings (SSSR count). The van der Waals surface area contributed by atoms with Gasteiger partial charge < -0.3 is 16.0 Å². The van der Waals surface area contributed by atoms with E-state index in [4.69, 9.17) is 5.73 Å². The molecule has 0 unspecified atom stereocenters. The van der Waals surface area contributed by atoms with E-state index in [9.17, 15) is 4.79 Å². The third-order valence-corrected chi connectivity index (χ3v) is 3.16. The Balaban J connectivity index is 2.82. The summed E-state index contributed by atoms with van der Waals surface area (Å²) in [6.07, 6.45) is 3.85. The zero-order chi connectivity index (χ0) is 15.7. The van der Waals surface area contributed by atoms with Crippen LogP contribution in [0.2, 0.25) is 0 Å². The van der Waals surface area contributed by atoms with E-state index in [0.717, 1.165) is 43.9 Å². The average Bonchev–Trinajstić information content (AvgIpc) is 2.43. The van der Waals surface area contributed by atoms with E-state index in [2.05, 4.69) is 37.1 Å². The van der Waals surface area contributed by atoms with Crippen LogP contribution in [0.15, 0.2) is 18.3 Å². The quantitative estimate of drug-likeness (QED) is 0.691. The third-order valence-electron chi connectivity index (χ3n) is 3.16. The minimum atomic E-state index is -0.321. The number of unbranched alkanes of at least 4 members (excludes halogenated alkanes) is 1. The molecule has 0 aliphatic heterocycles. The topological polar surface area (TPSA) is 71.2 Å². The molecule has 0 fully saturated rings. The van der Waals surface area contributed by atoms with Crippen molar-refractivity contribution in [3.05, 3.63) is 23.9 Å². The highest BCUT2D eigenvalue weighted by Crippen LogP contribution is 2.17. The number of hydrogen-bond acceptors (Lipinski definition) is 4. The Kier molecular flexibility index (Phi) is 7.75. The summed E-state index contributed by atoms with van der Waals surface area (Å²) in [7, 11) is 0. The third kappa shape index (κ3) is 6.58. The Morgan fingerprint density at radius 3 is 2.86 bits per heavy atom. The van der Waals surface area contributed by atoms with Crippen LogP contribution in [0.4, 0.5) is 5.82 Å². The molecule has 3 N–H and O–H groups in total. The van der Waals surface area contributed by atoms with Crippen LogP contribution in [0, 0.1) is 5.92 Å². The maximum atomic E-state index is 11.3. The summed E-state index contributed by atoms with van der Waals surface area (Å²) in [5.41, 5.74) is 6.48. The molecule has 1 aromatic heterocycles. The van der Waals surface area contributed by atoms with Crippen molar-refractivity contribution in [2.24, 2.45) is 11.7 Å². The van der Waals surface area contributed by atoms with E-state index in [-0.39, 0.29) is 12.5 Å². The van der Waals surface area contributed by atoms with Crippen molar-refractivity contribution in [1.29, 1.82) is 0 Å². The molecule has 5 heteroatoms. The number of carbonyl (C=O) groups excluding carboxylic acids is 1. The lowest BCUT2D eigenvalue weighted by Crippen LogP contribution is -2.36. The molecule has 0 radical (unpaired) electrons. The number of carbonyl (C=O) groups is 1. The molecule has 0 saturated heterocycles. The van der Waals surface area contributed by atoms with Crippen LogP contribution >= 0.6 is 0 Å². The van der Waals surface area contributed by atoms with Crippen molar-refractivity contribution < 1.29 is 4.79 Å². The lowest BCUT2D eigenvalue weighted by Gasteiger charge is -2.24. The maximum Gasteiger partial charge on any atom is 0.236 e. The van der Waals surface area contributed by atoms with Gasteiger partial charge in [-0.15, -0.1) is 0 Å². The smallest absolute Gasteiger partial charge is 0.236 e. The molecule has 0 atom stereocenters. The SMILES string of the molecule is CCCCN(CC(N)=O)c1ncccc1CNCC(C)C. The normalized spacial score (nSPS) is 10.9. The van der Waals surface area contributed by atoms with Crippen molar-refractivity contribution >= 4 is 11.7 Å². The summed E-state index contributed by atoms with van der Waals surface area (Å²) in [6, 6.07) is 3.98. The first-order chi connectivity index (χ1) is 10.0. The van der Waals surface area contributed by atoms with E-state index in [1.165, 1.54) is 0 Å². The Morgan fingerprint density at radius 2 is 2.24 bits per heavy atom. The number of nitrogens with zero attached hydrogens (tertiary/aromatic N) is 2. The standard InChI is InChI=1S/C16H28N4O/c1-4-5-9-20(12-15(17)21)16-14(7-6-8-19-16)11-18-10-13(2)3/h6-8,13,18H,4-5,9-12H2,1-3H3,(H2,17,21). The number of nitrogens with two attached hydrogens (primary N) is 1. The fourth-order valence-electron chi connectivity index (χ4n) is 2.15. The van der Waals surface area contributed by atoms with Crippen molar-refractivity contribution in [1.82, 2.24) is 10.3 Å². The van der Waals surface area contributed by atoms with Crippen LogP contribution in [0.3, 0.4) is 0 Å². The first-order valence-corrected chi connectivity index (χ1v) is 7.72. The van der Waals surface area contributed by atoms with Crippen LogP contribution in [0.5, 0.6) is 0 Å². The Bertz CT molecular complexity index is 434. The van der Waals surface area contributed by atoms with Crippen molar-refractivity contribution in [3.63, 3.8) is 0 Å². The van der Waals surface area contributed by atoms with Crippen LogP contribution in [-0.2, 0) is 11.3 Å². The molecule has 0 spiro atoms. The molecular weight excluding hydrogens is 264 g/mol. The summed E-state index contributed by atoms with van der Waals surface area (Å²) in [6.45, 7) is 9.21. The van der Waals surface area contributed by atoms with E-state index < -0.39 is 0 Å². The molecule has 21 heavy (non-hydrogen) atoms. The lowest BCUT2D eigenvalue weighted by molar-refractivity contribution is -0.116. The molecule has 0 bridgehead atoms. The van der Waals surface area contributed by atoms with E-state index in [1.54, 1.807) is 6.20 Å². The average molecular weight is 292 g/mol. The molecule has 5 nitrogen and oxygen atoms in total. The Hall–Kier alpha value is -1.62. The van der Waals surface area contributed by atoms with Crippen LogP contribution < -0.4 is 16.0 Å². The molecule has 0 aliphatic rings. The van der Waals surface area contributed by atoms with Gasteiger partial charge in [-0.05, 0) is 24.9 Å². The second kappa shape index (κ2) is 9.34. The molecule has 1 aromatic rings. The van der Waals surface area contributed by atoms with Gasteiger partial charge in [0.2, 0.25) is 5.91 Å². The largest absolute Gasteiger partial charge is 0.368 e. The van der Waals surface area contributed by atoms with Gasteiger partial charge in [-0.1, -0.05) is 33.3 Å². The number of pyridine rings is 1. The second-order valence-electron chi connectivity index (χ2n) is 5.75. The highest BCUT2D eigenvalue weighted by atomic mass is 16.1. The number of amides is 1. The number of aromatic nitrogens is 1. The highest BCUT2D eigenvalue weighted by Gasteiger charge is 2.14. The first-order valence-electron chi connectivity index (χ1n) is 7.72. The van der Waals surface area contributed by atoms with Gasteiger partial charge in [0.1, 0.15) is 5.82 Å². The van der Waals surface area contributed by atoms with Gasteiger partial charge >= 0.3 is 0 Å². The monoisotopic (exact) mass is 292 g/mol. The minimum Gasteiger partial charge on any atom is -0.368 e. The summed E-state index contributed by atoms with van der Waals surface area (Å²) in [5.74, 6) is 1.14. The van der Waals surface area contributed by atoms with Crippen molar-refractivity contribution in [3.8, 4) is 0 Å². The molecule has 118 valence electrons. The van der Waals surface area contributed by atoms with Gasteiger partial charge in [-0.2, -0.15) is 0 Å². The summed E-state index contributed by atoms with van der Waals surface area (Å²) in [4.78, 5) is 17.7. The second-order valence-corrected chi connectivity index (χ2v) is 5.75. The predicted octanol–water partition coefficient (Wildman–Crippen LogP) is 1.92. The van der Waals surface area contributed by atoms with Crippen LogP contribution in [0.1, 0.15) is 39.2 Å². The van der Waals surface area contributed by atoms with Gasteiger partial charge in [0.15, 0.2) is 0 Å². The number of primary amides is 1. The van der Waals surface area contributed by atoms with Crippen LogP contribution in [-0.4, -0.2) is 30.5 Å². The fraction of sp³-hybridized carbons (Fsp3) is 0.625. The zero-order valence-electron chi connectivity index (χ0n) is 13.4. The van der Waals surface area contributed by atoms with Crippen LogP contribution in [0.25, 0.3) is 0 Å². The van der Waals surface area contributed by atoms with Gasteiger partial charge in [-0.25, -0.2) is 4.98 Å². The maximum absolute atomic E-state index is 11.3. The molecule has 1 heterocycles. The molecule has 1 amide bonds. The number of rotatable bonds is 10. The fourth-order valence-corrected chi connectivity index (χ4v) is 2.15.